The number of furan rings is 1. The fraction of sp³-hybridized carbons (Fsp3) is 0.681. The molecule has 1 aromatic carbocycles. The fourth-order valence-corrected chi connectivity index (χ4v) is 14.5. The Labute approximate surface area is 322 Å². The lowest BCUT2D eigenvalue weighted by atomic mass is 9.32. The standard InChI is InChI=1S/C47H63NO6/c1-42(2)33-13-12-32(36(42)23-33)26-48(27-35(50)29-53-28-31-9-6-5-7-10-31)30-46(52)19-16-40-44(46,4)18-15-39-43(3)17-14-34(49)24-45(43)20-21-47(39,40)37(25-45)41(51)38-11-8-22-54-38/h5-11,20-22,25,32-36,39-40,49-50,52H,12-19,23-24,26-30H2,1-4H3/t32-,33-,34?,35+,36-,39+,40+,43+,44-,45-,46+,47+/m0/s1. The van der Waals surface area contributed by atoms with E-state index in [2.05, 4.69) is 50.8 Å². The monoisotopic (exact) mass is 737 g/mol. The molecule has 11 rings (SSSR count). The first-order valence-electron chi connectivity index (χ1n) is 21.2. The topological polar surface area (TPSA) is 103 Å². The van der Waals surface area contributed by atoms with E-state index in [1.165, 1.54) is 19.3 Å². The van der Waals surface area contributed by atoms with E-state index < -0.39 is 22.5 Å². The van der Waals surface area contributed by atoms with Gasteiger partial charge < -0.3 is 24.5 Å². The summed E-state index contributed by atoms with van der Waals surface area (Å²) in [6.07, 6.45) is 17.0. The largest absolute Gasteiger partial charge is 0.461 e. The fourth-order valence-electron chi connectivity index (χ4n) is 14.5. The normalized spacial score (nSPS) is 43.1. The van der Waals surface area contributed by atoms with Crippen LogP contribution in [0.5, 0.6) is 0 Å². The number of carbonyl (C=O) groups is 1. The third kappa shape index (κ3) is 5.34. The number of ketones is 1. The van der Waals surface area contributed by atoms with Gasteiger partial charge in [-0.05, 0) is 122 Å². The summed E-state index contributed by atoms with van der Waals surface area (Å²) in [5.74, 6) is 2.65. The summed E-state index contributed by atoms with van der Waals surface area (Å²) in [4.78, 5) is 17.0. The lowest BCUT2D eigenvalue weighted by Crippen LogP contribution is -2.67. The molecular formula is C47H63NO6. The quantitative estimate of drug-likeness (QED) is 0.150. The maximum atomic E-state index is 14.6. The highest BCUT2D eigenvalue weighted by Crippen LogP contribution is 2.78. The molecule has 1 unspecified atom stereocenters. The van der Waals surface area contributed by atoms with Crippen LogP contribution in [0.15, 0.2) is 76.9 Å². The van der Waals surface area contributed by atoms with Gasteiger partial charge in [-0.15, -0.1) is 0 Å². The Hall–Kier alpha value is -2.55. The Bertz CT molecular complexity index is 1780. The van der Waals surface area contributed by atoms with Crippen molar-refractivity contribution in [2.45, 2.75) is 116 Å². The molecule has 6 saturated carbocycles. The van der Waals surface area contributed by atoms with Crippen LogP contribution in [0.1, 0.15) is 108 Å². The predicted molar refractivity (Wildman–Crippen MR) is 208 cm³/mol. The summed E-state index contributed by atoms with van der Waals surface area (Å²) < 4.78 is 11.8. The minimum atomic E-state index is -0.989. The van der Waals surface area contributed by atoms with Crippen molar-refractivity contribution in [3.8, 4) is 0 Å². The highest BCUT2D eigenvalue weighted by molar-refractivity contribution is 6.08. The van der Waals surface area contributed by atoms with Crippen LogP contribution in [0.2, 0.25) is 0 Å². The zero-order valence-electron chi connectivity index (χ0n) is 33.0. The van der Waals surface area contributed by atoms with Gasteiger partial charge in [0.05, 0.1) is 37.3 Å². The van der Waals surface area contributed by atoms with E-state index >= 15 is 0 Å². The van der Waals surface area contributed by atoms with Crippen molar-refractivity contribution in [2.24, 2.45) is 56.7 Å². The van der Waals surface area contributed by atoms with Gasteiger partial charge in [0.15, 0.2) is 5.76 Å². The molecule has 9 aliphatic carbocycles. The number of ether oxygens (including phenoxy) is 1. The Morgan fingerprint density at radius 1 is 0.944 bits per heavy atom. The second kappa shape index (κ2) is 13.0. The van der Waals surface area contributed by atoms with E-state index in [9.17, 15) is 20.1 Å². The van der Waals surface area contributed by atoms with Gasteiger partial charge in [-0.25, -0.2) is 0 Å². The summed E-state index contributed by atoms with van der Waals surface area (Å²) in [6, 6.07) is 13.7. The third-order valence-corrected chi connectivity index (χ3v) is 17.6. The molecule has 292 valence electrons. The molecule has 1 aromatic heterocycles. The molecule has 0 radical (unpaired) electrons. The van der Waals surface area contributed by atoms with Gasteiger partial charge in [0.25, 0.3) is 0 Å². The minimum Gasteiger partial charge on any atom is -0.461 e. The number of benzene rings is 1. The number of Topliss-reactive ketones (excluding diaryl/α,β-unsaturated/α-hetero) is 1. The molecule has 2 aromatic rings. The zero-order chi connectivity index (χ0) is 37.7. The molecular weight excluding hydrogens is 675 g/mol. The molecule has 54 heavy (non-hydrogen) atoms. The molecule has 0 amide bonds. The van der Waals surface area contributed by atoms with Crippen LogP contribution in [0.3, 0.4) is 0 Å². The molecule has 0 aliphatic heterocycles. The summed E-state index contributed by atoms with van der Waals surface area (Å²) in [7, 11) is 0. The minimum absolute atomic E-state index is 0.0468. The van der Waals surface area contributed by atoms with Crippen LogP contribution < -0.4 is 0 Å². The van der Waals surface area contributed by atoms with Crippen LogP contribution in [0.25, 0.3) is 0 Å². The average Bonchev–Trinajstić information content (AvgIpc) is 3.78. The second-order valence-corrected chi connectivity index (χ2v) is 20.2. The summed E-state index contributed by atoms with van der Waals surface area (Å²) in [5, 5.41) is 35.8. The van der Waals surface area contributed by atoms with Gasteiger partial charge in [-0.3, -0.25) is 9.69 Å². The van der Waals surface area contributed by atoms with Crippen molar-refractivity contribution < 1.29 is 29.3 Å². The Morgan fingerprint density at radius 2 is 1.70 bits per heavy atom. The number of carbonyl (C=O) groups excluding carboxylic acids is 1. The first kappa shape index (κ1) is 37.1. The molecule has 12 atom stereocenters. The first-order chi connectivity index (χ1) is 25.7. The molecule has 9 aliphatic rings. The maximum Gasteiger partial charge on any atom is 0.224 e. The smallest absolute Gasteiger partial charge is 0.224 e. The van der Waals surface area contributed by atoms with E-state index in [4.69, 9.17) is 9.15 Å². The maximum absolute atomic E-state index is 14.6. The van der Waals surface area contributed by atoms with Gasteiger partial charge in [-0.2, -0.15) is 0 Å². The number of nitrogens with zero attached hydrogens (tertiary/aromatic N) is 1. The number of rotatable bonds is 12. The highest BCUT2D eigenvalue weighted by Gasteiger charge is 2.74. The van der Waals surface area contributed by atoms with Gasteiger partial charge in [0, 0.05) is 41.5 Å². The van der Waals surface area contributed by atoms with Gasteiger partial charge >= 0.3 is 0 Å². The number of aliphatic hydroxyl groups excluding tert-OH is 2. The summed E-state index contributed by atoms with van der Waals surface area (Å²) in [6.45, 7) is 12.2. The third-order valence-electron chi connectivity index (χ3n) is 17.6. The van der Waals surface area contributed by atoms with Crippen LogP contribution in [0, 0.1) is 56.7 Å². The summed E-state index contributed by atoms with van der Waals surface area (Å²) in [5.41, 5.74) is -0.152. The zero-order valence-corrected chi connectivity index (χ0v) is 33.0. The van der Waals surface area contributed by atoms with Crippen LogP contribution in [-0.4, -0.2) is 70.1 Å². The van der Waals surface area contributed by atoms with Crippen molar-refractivity contribution in [1.82, 2.24) is 4.90 Å². The van der Waals surface area contributed by atoms with Gasteiger partial charge in [0.1, 0.15) is 0 Å². The van der Waals surface area contributed by atoms with Crippen molar-refractivity contribution in [3.63, 3.8) is 0 Å². The average molecular weight is 738 g/mol. The number of fused-ring (bicyclic) bond motifs is 3. The van der Waals surface area contributed by atoms with Crippen LogP contribution >= 0.6 is 0 Å². The molecule has 6 fully saturated rings. The first-order valence-corrected chi connectivity index (χ1v) is 21.2. The number of aliphatic hydroxyl groups is 3. The van der Waals surface area contributed by atoms with Crippen molar-refractivity contribution >= 4 is 5.78 Å². The molecule has 2 spiro atoms. The Balaban J connectivity index is 1.02. The second-order valence-electron chi connectivity index (χ2n) is 20.2. The van der Waals surface area contributed by atoms with Crippen LogP contribution in [0.4, 0.5) is 0 Å². The molecule has 1 heterocycles. The number of hydrogen-bond donors (Lipinski definition) is 3. The summed E-state index contributed by atoms with van der Waals surface area (Å²) >= 11 is 0. The van der Waals surface area contributed by atoms with Crippen molar-refractivity contribution in [1.29, 1.82) is 0 Å². The van der Waals surface area contributed by atoms with Crippen molar-refractivity contribution in [3.05, 3.63) is 83.9 Å². The van der Waals surface area contributed by atoms with Gasteiger partial charge in [-0.1, -0.05) is 76.3 Å². The van der Waals surface area contributed by atoms with Crippen LogP contribution in [-0.2, 0) is 11.3 Å². The van der Waals surface area contributed by atoms with E-state index in [-0.39, 0.29) is 41.2 Å². The Kier molecular flexibility index (Phi) is 8.91. The lowest BCUT2D eigenvalue weighted by molar-refractivity contribution is -0.179. The SMILES string of the molecule is CC1(C)[C@H]2CC[C@@H](CN(C[C@@H](O)COCc3ccccc3)C[C@]3(O)CC[C@H]4[C@]56C=C[C@@]7(C=C5C(=O)c5ccco5)CC(O)CC[C@]7(C)[C@H]6CC[C@@]43C)[C@@H]1C2. The molecule has 7 heteroatoms. The molecule has 7 nitrogen and oxygen atoms in total. The number of hydrogen-bond acceptors (Lipinski definition) is 7. The Morgan fingerprint density at radius 3 is 2.44 bits per heavy atom. The van der Waals surface area contributed by atoms with E-state index in [1.54, 1.807) is 18.4 Å². The lowest BCUT2D eigenvalue weighted by Gasteiger charge is -2.71. The number of allylic oxidation sites excluding steroid dienone is 4. The van der Waals surface area contributed by atoms with E-state index in [0.717, 1.165) is 55.7 Å². The van der Waals surface area contributed by atoms with Crippen molar-refractivity contribution in [2.75, 3.05) is 26.2 Å². The molecule has 0 saturated heterocycles. The predicted octanol–water partition coefficient (Wildman–Crippen LogP) is 8.01. The van der Waals surface area contributed by atoms with Gasteiger partial charge in [0.2, 0.25) is 5.78 Å². The molecule has 3 N–H and O–H groups in total. The van der Waals surface area contributed by atoms with E-state index in [1.807, 2.05) is 30.3 Å². The highest BCUT2D eigenvalue weighted by atomic mass is 16.5. The van der Waals surface area contributed by atoms with E-state index in [0.29, 0.717) is 55.5 Å². The molecule has 4 bridgehead atoms.